The average Bonchev–Trinajstić information content (AvgIpc) is 3.33. The molecule has 2 aliphatic rings. The predicted molar refractivity (Wildman–Crippen MR) is 85.2 cm³/mol. The first-order valence-electron chi connectivity index (χ1n) is 8.34. The van der Waals surface area contributed by atoms with Crippen molar-refractivity contribution in [2.75, 3.05) is 0 Å². The number of hydrogen-bond acceptors (Lipinski definition) is 2. The highest BCUT2D eigenvalue weighted by atomic mass is 16.2. The van der Waals surface area contributed by atoms with E-state index in [4.69, 9.17) is 0 Å². The van der Waals surface area contributed by atoms with E-state index < -0.39 is 0 Å². The third-order valence-electron chi connectivity index (χ3n) is 4.80. The van der Waals surface area contributed by atoms with Crippen LogP contribution in [0.2, 0.25) is 0 Å². The van der Waals surface area contributed by atoms with Crippen LogP contribution in [0.5, 0.6) is 0 Å². The zero-order valence-corrected chi connectivity index (χ0v) is 12.8. The van der Waals surface area contributed by atoms with Crippen LogP contribution in [0.15, 0.2) is 30.3 Å². The van der Waals surface area contributed by atoms with E-state index in [2.05, 4.69) is 41.0 Å². The van der Waals surface area contributed by atoms with E-state index in [0.717, 1.165) is 12.8 Å². The van der Waals surface area contributed by atoms with Crippen molar-refractivity contribution in [2.45, 2.75) is 69.5 Å². The fourth-order valence-electron chi connectivity index (χ4n) is 3.30. The van der Waals surface area contributed by atoms with E-state index in [-0.39, 0.29) is 11.9 Å². The molecule has 1 atom stereocenters. The molecule has 0 saturated heterocycles. The van der Waals surface area contributed by atoms with Gasteiger partial charge in [-0.15, -0.1) is 0 Å². The molecule has 2 saturated carbocycles. The Hall–Kier alpha value is -1.35. The second-order valence-electron chi connectivity index (χ2n) is 6.63. The standard InChI is InChI=1S/C18H26N2O/c1-13(18(21)20-17-11-12-17)19-16-9-7-15(8-10-16)14-5-3-2-4-6-14/h2-6,13,15-17,19H,7-12H2,1H3,(H,20,21). The highest BCUT2D eigenvalue weighted by Gasteiger charge is 2.28. The van der Waals surface area contributed by atoms with Gasteiger partial charge in [0.2, 0.25) is 5.91 Å². The predicted octanol–water partition coefficient (Wildman–Crippen LogP) is 2.97. The Balaban J connectivity index is 1.44. The van der Waals surface area contributed by atoms with Crippen molar-refractivity contribution in [2.24, 2.45) is 0 Å². The van der Waals surface area contributed by atoms with Gasteiger partial charge in [0.1, 0.15) is 0 Å². The summed E-state index contributed by atoms with van der Waals surface area (Å²) in [7, 11) is 0. The molecule has 0 aliphatic heterocycles. The summed E-state index contributed by atoms with van der Waals surface area (Å²) in [5, 5.41) is 6.59. The lowest BCUT2D eigenvalue weighted by Gasteiger charge is -2.31. The summed E-state index contributed by atoms with van der Waals surface area (Å²) < 4.78 is 0. The first kappa shape index (κ1) is 14.6. The van der Waals surface area contributed by atoms with Crippen LogP contribution in [0.3, 0.4) is 0 Å². The molecule has 0 heterocycles. The van der Waals surface area contributed by atoms with E-state index in [1.165, 1.54) is 31.2 Å². The summed E-state index contributed by atoms with van der Waals surface area (Å²) in [5.74, 6) is 0.863. The zero-order valence-electron chi connectivity index (χ0n) is 12.8. The van der Waals surface area contributed by atoms with Crippen molar-refractivity contribution >= 4 is 5.91 Å². The smallest absolute Gasteiger partial charge is 0.237 e. The minimum atomic E-state index is -0.0659. The van der Waals surface area contributed by atoms with Gasteiger partial charge in [-0.1, -0.05) is 30.3 Å². The number of carbonyl (C=O) groups is 1. The fraction of sp³-hybridized carbons (Fsp3) is 0.611. The Morgan fingerprint density at radius 3 is 2.24 bits per heavy atom. The molecule has 0 aromatic heterocycles. The largest absolute Gasteiger partial charge is 0.352 e. The Morgan fingerprint density at radius 2 is 1.62 bits per heavy atom. The number of nitrogens with one attached hydrogen (secondary N) is 2. The second kappa shape index (κ2) is 6.61. The number of benzene rings is 1. The molecular weight excluding hydrogens is 260 g/mol. The van der Waals surface area contributed by atoms with Gasteiger partial charge < -0.3 is 10.6 Å². The lowest BCUT2D eigenvalue weighted by atomic mass is 9.81. The highest BCUT2D eigenvalue weighted by molar-refractivity contribution is 5.81. The number of carbonyl (C=O) groups excluding carboxylic acids is 1. The third kappa shape index (κ3) is 4.07. The molecule has 0 bridgehead atoms. The zero-order chi connectivity index (χ0) is 14.7. The maximum absolute atomic E-state index is 12.0. The first-order valence-corrected chi connectivity index (χ1v) is 8.34. The minimum absolute atomic E-state index is 0.0659. The van der Waals surface area contributed by atoms with Crippen molar-refractivity contribution in [1.29, 1.82) is 0 Å². The molecule has 3 heteroatoms. The van der Waals surface area contributed by atoms with Gasteiger partial charge in [0, 0.05) is 12.1 Å². The topological polar surface area (TPSA) is 41.1 Å². The number of hydrogen-bond donors (Lipinski definition) is 2. The molecule has 3 nitrogen and oxygen atoms in total. The number of amides is 1. The summed E-state index contributed by atoms with van der Waals surface area (Å²) >= 11 is 0. The van der Waals surface area contributed by atoms with Gasteiger partial charge in [-0.2, -0.15) is 0 Å². The van der Waals surface area contributed by atoms with Crippen molar-refractivity contribution < 1.29 is 4.79 Å². The normalized spacial score (nSPS) is 27.1. The Morgan fingerprint density at radius 1 is 1.00 bits per heavy atom. The Labute approximate surface area is 127 Å². The van der Waals surface area contributed by atoms with Gasteiger partial charge in [0.05, 0.1) is 6.04 Å². The average molecular weight is 286 g/mol. The van der Waals surface area contributed by atoms with Gasteiger partial charge in [0.15, 0.2) is 0 Å². The maximum Gasteiger partial charge on any atom is 0.237 e. The van der Waals surface area contributed by atoms with Crippen molar-refractivity contribution in [1.82, 2.24) is 10.6 Å². The van der Waals surface area contributed by atoms with E-state index in [9.17, 15) is 4.79 Å². The highest BCUT2D eigenvalue weighted by Crippen LogP contribution is 2.32. The van der Waals surface area contributed by atoms with Gasteiger partial charge in [0.25, 0.3) is 0 Å². The van der Waals surface area contributed by atoms with Crippen LogP contribution < -0.4 is 10.6 Å². The molecular formula is C18H26N2O. The van der Waals surface area contributed by atoms with E-state index in [0.29, 0.717) is 18.0 Å². The van der Waals surface area contributed by atoms with Crippen molar-refractivity contribution in [3.8, 4) is 0 Å². The summed E-state index contributed by atoms with van der Waals surface area (Å²) in [4.78, 5) is 12.0. The van der Waals surface area contributed by atoms with E-state index in [1.54, 1.807) is 0 Å². The molecule has 1 amide bonds. The molecule has 2 N–H and O–H groups in total. The molecule has 114 valence electrons. The maximum atomic E-state index is 12.0. The van der Waals surface area contributed by atoms with Crippen LogP contribution in [0, 0.1) is 0 Å². The fourth-order valence-corrected chi connectivity index (χ4v) is 3.30. The SMILES string of the molecule is CC(NC1CCC(c2ccccc2)CC1)C(=O)NC1CC1. The molecule has 2 fully saturated rings. The Kier molecular flexibility index (Phi) is 4.59. The van der Waals surface area contributed by atoms with Crippen molar-refractivity contribution in [3.63, 3.8) is 0 Å². The van der Waals surface area contributed by atoms with E-state index in [1.807, 2.05) is 6.92 Å². The van der Waals surface area contributed by atoms with Crippen LogP contribution in [0.1, 0.15) is 56.9 Å². The molecule has 1 aromatic carbocycles. The van der Waals surface area contributed by atoms with Crippen LogP contribution in [0.4, 0.5) is 0 Å². The van der Waals surface area contributed by atoms with Gasteiger partial charge in [-0.3, -0.25) is 4.79 Å². The number of rotatable bonds is 5. The van der Waals surface area contributed by atoms with E-state index >= 15 is 0 Å². The molecule has 1 unspecified atom stereocenters. The lowest BCUT2D eigenvalue weighted by Crippen LogP contribution is -2.48. The minimum Gasteiger partial charge on any atom is -0.352 e. The summed E-state index contributed by atoms with van der Waals surface area (Å²) in [6.45, 7) is 1.99. The molecule has 0 radical (unpaired) electrons. The quantitative estimate of drug-likeness (QED) is 0.873. The van der Waals surface area contributed by atoms with Crippen LogP contribution in [-0.2, 0) is 4.79 Å². The van der Waals surface area contributed by atoms with Crippen LogP contribution >= 0.6 is 0 Å². The molecule has 0 spiro atoms. The summed E-state index contributed by atoms with van der Waals surface area (Å²) in [6.07, 6.45) is 7.08. The summed E-state index contributed by atoms with van der Waals surface area (Å²) in [5.41, 5.74) is 1.47. The second-order valence-corrected chi connectivity index (χ2v) is 6.63. The lowest BCUT2D eigenvalue weighted by molar-refractivity contribution is -0.123. The Bertz CT molecular complexity index is 461. The van der Waals surface area contributed by atoms with Crippen LogP contribution in [-0.4, -0.2) is 24.0 Å². The van der Waals surface area contributed by atoms with Crippen molar-refractivity contribution in [3.05, 3.63) is 35.9 Å². The summed E-state index contributed by atoms with van der Waals surface area (Å²) in [6, 6.07) is 11.7. The third-order valence-corrected chi connectivity index (χ3v) is 4.80. The van der Waals surface area contributed by atoms with Gasteiger partial charge in [-0.25, -0.2) is 0 Å². The molecule has 21 heavy (non-hydrogen) atoms. The van der Waals surface area contributed by atoms with Gasteiger partial charge >= 0.3 is 0 Å². The monoisotopic (exact) mass is 286 g/mol. The first-order chi connectivity index (χ1) is 10.2. The molecule has 3 rings (SSSR count). The molecule has 2 aliphatic carbocycles. The molecule has 1 aromatic rings. The van der Waals surface area contributed by atoms with Crippen LogP contribution in [0.25, 0.3) is 0 Å². The van der Waals surface area contributed by atoms with Gasteiger partial charge in [-0.05, 0) is 56.9 Å².